The molecule has 0 spiro atoms. The smallest absolute Gasteiger partial charge is 0.220 e. The molecule has 3 N–H and O–H groups in total. The van der Waals surface area contributed by atoms with E-state index in [0.29, 0.717) is 6.42 Å². The predicted molar refractivity (Wildman–Crippen MR) is 64.8 cm³/mol. The number of hydrogen-bond acceptors (Lipinski definition) is 2. The Bertz CT molecular complexity index is 376. The maximum absolute atomic E-state index is 11.6. The van der Waals surface area contributed by atoms with Gasteiger partial charge in [-0.15, -0.1) is 0 Å². The van der Waals surface area contributed by atoms with Crippen LogP contribution >= 0.6 is 0 Å². The topological polar surface area (TPSA) is 55.1 Å². The number of anilines is 1. The summed E-state index contributed by atoms with van der Waals surface area (Å²) in [6.07, 6.45) is 4.98. The van der Waals surface area contributed by atoms with Crippen molar-refractivity contribution in [1.29, 1.82) is 0 Å². The zero-order chi connectivity index (χ0) is 11.4. The van der Waals surface area contributed by atoms with Crippen molar-refractivity contribution in [2.24, 2.45) is 0 Å². The normalized spacial score (nSPS) is 22.0. The molecule has 3 heteroatoms. The van der Waals surface area contributed by atoms with Gasteiger partial charge in [-0.3, -0.25) is 4.79 Å². The number of nitrogen functional groups attached to an aromatic ring is 1. The second-order valence-corrected chi connectivity index (χ2v) is 4.39. The van der Waals surface area contributed by atoms with E-state index in [1.165, 1.54) is 6.42 Å². The highest BCUT2D eigenvalue weighted by molar-refractivity contribution is 5.76. The van der Waals surface area contributed by atoms with Crippen molar-refractivity contribution in [3.8, 4) is 0 Å². The van der Waals surface area contributed by atoms with Gasteiger partial charge in [-0.05, 0) is 30.5 Å². The molecule has 86 valence electrons. The first-order valence-corrected chi connectivity index (χ1v) is 5.90. The van der Waals surface area contributed by atoms with Crippen molar-refractivity contribution in [1.82, 2.24) is 5.32 Å². The van der Waals surface area contributed by atoms with E-state index >= 15 is 0 Å². The molecule has 0 aliphatic carbocycles. The zero-order valence-electron chi connectivity index (χ0n) is 9.41. The Morgan fingerprint density at radius 1 is 1.25 bits per heavy atom. The number of hydrogen-bond donors (Lipinski definition) is 2. The fourth-order valence-corrected chi connectivity index (χ4v) is 2.18. The molecule has 0 aromatic heterocycles. The molecule has 0 bridgehead atoms. The Labute approximate surface area is 96.0 Å². The lowest BCUT2D eigenvalue weighted by Crippen LogP contribution is -2.29. The molecule has 1 unspecified atom stereocenters. The molecule has 0 saturated carbocycles. The Morgan fingerprint density at radius 2 is 2.12 bits per heavy atom. The molecule has 0 radical (unpaired) electrons. The van der Waals surface area contributed by atoms with Crippen LogP contribution in [0.1, 0.15) is 43.7 Å². The fraction of sp³-hybridized carbons (Fsp3) is 0.462. The van der Waals surface area contributed by atoms with Crippen LogP contribution in [-0.4, -0.2) is 5.91 Å². The van der Waals surface area contributed by atoms with Gasteiger partial charge >= 0.3 is 0 Å². The number of carbonyl (C=O) groups excluding carboxylic acids is 1. The monoisotopic (exact) mass is 218 g/mol. The highest BCUT2D eigenvalue weighted by Crippen LogP contribution is 2.23. The van der Waals surface area contributed by atoms with Gasteiger partial charge in [0, 0.05) is 12.1 Å². The van der Waals surface area contributed by atoms with Crippen LogP contribution in [0.5, 0.6) is 0 Å². The quantitative estimate of drug-likeness (QED) is 0.711. The molecule has 1 atom stereocenters. The SMILES string of the molecule is Nc1cccc(C2CCCCCC(=O)N2)c1. The molecule has 1 aliphatic heterocycles. The lowest BCUT2D eigenvalue weighted by molar-refractivity contribution is -0.122. The Balaban J connectivity index is 2.14. The van der Waals surface area contributed by atoms with Crippen molar-refractivity contribution < 1.29 is 4.79 Å². The number of amides is 1. The van der Waals surface area contributed by atoms with Gasteiger partial charge in [-0.25, -0.2) is 0 Å². The Morgan fingerprint density at radius 3 is 2.94 bits per heavy atom. The lowest BCUT2D eigenvalue weighted by Gasteiger charge is -2.21. The first-order valence-electron chi connectivity index (χ1n) is 5.90. The van der Waals surface area contributed by atoms with Crippen molar-refractivity contribution in [3.05, 3.63) is 29.8 Å². The molecule has 1 amide bonds. The van der Waals surface area contributed by atoms with Gasteiger partial charge < -0.3 is 11.1 Å². The Hall–Kier alpha value is -1.51. The largest absolute Gasteiger partial charge is 0.399 e. The van der Waals surface area contributed by atoms with Crippen LogP contribution in [0.15, 0.2) is 24.3 Å². The third kappa shape index (κ3) is 2.75. The van der Waals surface area contributed by atoms with Crippen LogP contribution in [0.2, 0.25) is 0 Å². The van der Waals surface area contributed by atoms with E-state index in [-0.39, 0.29) is 11.9 Å². The molecule has 1 saturated heterocycles. The van der Waals surface area contributed by atoms with Gasteiger partial charge in [0.15, 0.2) is 0 Å². The number of nitrogens with two attached hydrogens (primary N) is 1. The first-order chi connectivity index (χ1) is 7.75. The highest BCUT2D eigenvalue weighted by atomic mass is 16.1. The maximum atomic E-state index is 11.6. The van der Waals surface area contributed by atoms with Crippen LogP contribution in [0, 0.1) is 0 Å². The van der Waals surface area contributed by atoms with E-state index in [1.54, 1.807) is 0 Å². The molecule has 1 aromatic carbocycles. The third-order valence-corrected chi connectivity index (χ3v) is 3.04. The number of nitrogens with one attached hydrogen (secondary N) is 1. The van der Waals surface area contributed by atoms with E-state index in [9.17, 15) is 4.79 Å². The van der Waals surface area contributed by atoms with E-state index in [2.05, 4.69) is 5.32 Å². The second-order valence-electron chi connectivity index (χ2n) is 4.39. The second kappa shape index (κ2) is 5.01. The van der Waals surface area contributed by atoms with Crippen LogP contribution in [0.4, 0.5) is 5.69 Å². The minimum atomic E-state index is 0.135. The summed E-state index contributed by atoms with van der Waals surface area (Å²) in [6.45, 7) is 0. The van der Waals surface area contributed by atoms with E-state index < -0.39 is 0 Å². The average Bonchev–Trinajstić information content (AvgIpc) is 2.23. The molecule has 1 fully saturated rings. The third-order valence-electron chi connectivity index (χ3n) is 3.04. The van der Waals surface area contributed by atoms with Crippen molar-refractivity contribution in [2.45, 2.75) is 38.1 Å². The van der Waals surface area contributed by atoms with Gasteiger partial charge in [-0.2, -0.15) is 0 Å². The predicted octanol–water partition coefficient (Wildman–Crippen LogP) is 2.39. The standard InChI is InChI=1S/C13H18N2O/c14-11-6-4-5-10(9-11)12-7-2-1-3-8-13(16)15-12/h4-6,9,12H,1-3,7-8,14H2,(H,15,16). The van der Waals surface area contributed by atoms with E-state index in [1.807, 2.05) is 24.3 Å². The van der Waals surface area contributed by atoms with E-state index in [0.717, 1.165) is 30.5 Å². The minimum Gasteiger partial charge on any atom is -0.399 e. The molecule has 1 heterocycles. The summed E-state index contributed by atoms with van der Waals surface area (Å²) in [7, 11) is 0. The van der Waals surface area contributed by atoms with Crippen LogP contribution < -0.4 is 11.1 Å². The van der Waals surface area contributed by atoms with Crippen LogP contribution in [0.25, 0.3) is 0 Å². The first kappa shape index (κ1) is 11.0. The molecule has 16 heavy (non-hydrogen) atoms. The summed E-state index contributed by atoms with van der Waals surface area (Å²) >= 11 is 0. The Kier molecular flexibility index (Phi) is 3.44. The molecule has 2 rings (SSSR count). The average molecular weight is 218 g/mol. The van der Waals surface area contributed by atoms with Crippen molar-refractivity contribution in [3.63, 3.8) is 0 Å². The maximum Gasteiger partial charge on any atom is 0.220 e. The molecular formula is C13H18N2O. The molecule has 1 aromatic rings. The summed E-state index contributed by atoms with van der Waals surface area (Å²) in [5.41, 5.74) is 7.64. The van der Waals surface area contributed by atoms with Gasteiger partial charge in [-0.1, -0.05) is 25.0 Å². The highest BCUT2D eigenvalue weighted by Gasteiger charge is 2.16. The number of benzene rings is 1. The lowest BCUT2D eigenvalue weighted by atomic mass is 9.97. The van der Waals surface area contributed by atoms with Gasteiger partial charge in [0.1, 0.15) is 0 Å². The van der Waals surface area contributed by atoms with Gasteiger partial charge in [0.25, 0.3) is 0 Å². The summed E-state index contributed by atoms with van der Waals surface area (Å²) < 4.78 is 0. The summed E-state index contributed by atoms with van der Waals surface area (Å²) in [4.78, 5) is 11.6. The molecule has 3 nitrogen and oxygen atoms in total. The molecular weight excluding hydrogens is 200 g/mol. The fourth-order valence-electron chi connectivity index (χ4n) is 2.18. The summed E-state index contributed by atoms with van der Waals surface area (Å²) in [5, 5.41) is 3.07. The summed E-state index contributed by atoms with van der Waals surface area (Å²) in [5.74, 6) is 0.159. The van der Waals surface area contributed by atoms with Crippen LogP contribution in [0.3, 0.4) is 0 Å². The van der Waals surface area contributed by atoms with Gasteiger partial charge in [0.05, 0.1) is 6.04 Å². The molecule has 1 aliphatic rings. The number of carbonyl (C=O) groups is 1. The van der Waals surface area contributed by atoms with Gasteiger partial charge in [0.2, 0.25) is 5.91 Å². The minimum absolute atomic E-state index is 0.135. The zero-order valence-corrected chi connectivity index (χ0v) is 9.41. The van der Waals surface area contributed by atoms with Crippen molar-refractivity contribution >= 4 is 11.6 Å². The van der Waals surface area contributed by atoms with E-state index in [4.69, 9.17) is 5.73 Å². The van der Waals surface area contributed by atoms with Crippen LogP contribution in [-0.2, 0) is 4.79 Å². The van der Waals surface area contributed by atoms with Crippen molar-refractivity contribution in [2.75, 3.05) is 5.73 Å². The summed E-state index contributed by atoms with van der Waals surface area (Å²) in [6, 6.07) is 7.93. The number of rotatable bonds is 1.